The SMILES string of the molecule is CCNC(=NCC(C)N1CCOCC1)NCCCn1c(C)nc2ccccc21. The summed E-state index contributed by atoms with van der Waals surface area (Å²) in [6.07, 6.45) is 1.02. The van der Waals surface area contributed by atoms with E-state index in [1.165, 1.54) is 5.52 Å². The Bertz CT molecular complexity index is 765. The Kier molecular flexibility index (Phi) is 7.68. The number of benzene rings is 1. The predicted molar refractivity (Wildman–Crippen MR) is 115 cm³/mol. The summed E-state index contributed by atoms with van der Waals surface area (Å²) in [6, 6.07) is 8.75. The standard InChI is InChI=1S/C21H34N6O/c1-4-22-21(24-16-17(2)26-12-14-28-15-13-26)23-10-7-11-27-18(3)25-19-8-5-6-9-20(19)27/h5-6,8-9,17H,4,7,10-16H2,1-3H3,(H2,22,23,24). The fourth-order valence-corrected chi connectivity index (χ4v) is 3.62. The lowest BCUT2D eigenvalue weighted by atomic mass is 10.2. The Labute approximate surface area is 168 Å². The average molecular weight is 387 g/mol. The minimum absolute atomic E-state index is 0.430. The smallest absolute Gasteiger partial charge is 0.191 e. The molecule has 0 saturated carbocycles. The van der Waals surface area contributed by atoms with E-state index in [9.17, 15) is 0 Å². The molecule has 0 radical (unpaired) electrons. The van der Waals surface area contributed by atoms with E-state index < -0.39 is 0 Å². The van der Waals surface area contributed by atoms with Gasteiger partial charge in [0.1, 0.15) is 5.82 Å². The number of aromatic nitrogens is 2. The molecule has 0 spiro atoms. The van der Waals surface area contributed by atoms with Crippen molar-refractivity contribution in [2.45, 2.75) is 39.8 Å². The number of rotatable bonds is 8. The van der Waals surface area contributed by atoms with Crippen LogP contribution in [0.4, 0.5) is 0 Å². The van der Waals surface area contributed by atoms with Crippen molar-refractivity contribution < 1.29 is 4.74 Å². The molecule has 2 N–H and O–H groups in total. The first kappa shape index (κ1) is 20.6. The van der Waals surface area contributed by atoms with E-state index in [4.69, 9.17) is 9.73 Å². The molecule has 154 valence electrons. The molecule has 1 atom stereocenters. The number of fused-ring (bicyclic) bond motifs is 1. The summed E-state index contributed by atoms with van der Waals surface area (Å²) >= 11 is 0. The highest BCUT2D eigenvalue weighted by molar-refractivity contribution is 5.79. The molecule has 1 aliphatic heterocycles. The van der Waals surface area contributed by atoms with Gasteiger partial charge in [-0.2, -0.15) is 0 Å². The van der Waals surface area contributed by atoms with Gasteiger partial charge in [0.2, 0.25) is 0 Å². The van der Waals surface area contributed by atoms with E-state index in [1.54, 1.807) is 0 Å². The Morgan fingerprint density at radius 3 is 2.82 bits per heavy atom. The second-order valence-corrected chi connectivity index (χ2v) is 7.30. The van der Waals surface area contributed by atoms with E-state index in [0.29, 0.717) is 6.04 Å². The maximum absolute atomic E-state index is 5.44. The number of hydrogen-bond acceptors (Lipinski definition) is 4. The first-order valence-corrected chi connectivity index (χ1v) is 10.4. The molecule has 2 heterocycles. The van der Waals surface area contributed by atoms with Crippen LogP contribution in [0.25, 0.3) is 11.0 Å². The van der Waals surface area contributed by atoms with Gasteiger partial charge >= 0.3 is 0 Å². The molecule has 2 aromatic rings. The van der Waals surface area contributed by atoms with Gasteiger partial charge in [0.25, 0.3) is 0 Å². The zero-order valence-electron chi connectivity index (χ0n) is 17.4. The lowest BCUT2D eigenvalue weighted by molar-refractivity contribution is 0.0220. The molecule has 1 fully saturated rings. The van der Waals surface area contributed by atoms with Crippen molar-refractivity contribution in [3.05, 3.63) is 30.1 Å². The highest BCUT2D eigenvalue weighted by Crippen LogP contribution is 2.15. The van der Waals surface area contributed by atoms with Crippen LogP contribution in [-0.2, 0) is 11.3 Å². The zero-order valence-corrected chi connectivity index (χ0v) is 17.4. The molecule has 1 aromatic carbocycles. The number of nitrogens with zero attached hydrogens (tertiary/aromatic N) is 4. The molecule has 1 aromatic heterocycles. The molecule has 1 aliphatic rings. The number of aliphatic imine (C=N–C) groups is 1. The summed E-state index contributed by atoms with van der Waals surface area (Å²) in [5, 5.41) is 6.82. The minimum Gasteiger partial charge on any atom is -0.379 e. The summed E-state index contributed by atoms with van der Waals surface area (Å²) in [6.45, 7) is 13.6. The summed E-state index contributed by atoms with van der Waals surface area (Å²) < 4.78 is 7.73. The Balaban J connectivity index is 1.48. The maximum atomic E-state index is 5.44. The van der Waals surface area contributed by atoms with Crippen molar-refractivity contribution in [3.8, 4) is 0 Å². The fourth-order valence-electron chi connectivity index (χ4n) is 3.62. The van der Waals surface area contributed by atoms with Crippen molar-refractivity contribution in [2.24, 2.45) is 4.99 Å². The van der Waals surface area contributed by atoms with Crippen molar-refractivity contribution in [3.63, 3.8) is 0 Å². The second kappa shape index (κ2) is 10.4. The normalized spacial score (nSPS) is 17.0. The van der Waals surface area contributed by atoms with Gasteiger partial charge in [0, 0.05) is 38.8 Å². The molecular formula is C21H34N6O. The number of ether oxygens (including phenoxy) is 1. The highest BCUT2D eigenvalue weighted by Gasteiger charge is 2.16. The molecule has 28 heavy (non-hydrogen) atoms. The molecule has 1 unspecified atom stereocenters. The molecular weight excluding hydrogens is 352 g/mol. The first-order chi connectivity index (χ1) is 13.7. The number of para-hydroxylation sites is 2. The topological polar surface area (TPSA) is 66.7 Å². The lowest BCUT2D eigenvalue weighted by Crippen LogP contribution is -2.44. The van der Waals surface area contributed by atoms with Crippen molar-refractivity contribution in [1.29, 1.82) is 0 Å². The highest BCUT2D eigenvalue weighted by atomic mass is 16.5. The van der Waals surface area contributed by atoms with Crippen LogP contribution in [0.3, 0.4) is 0 Å². The van der Waals surface area contributed by atoms with Crippen LogP contribution in [0.5, 0.6) is 0 Å². The Hall–Kier alpha value is -2.12. The van der Waals surface area contributed by atoms with Gasteiger partial charge in [-0.15, -0.1) is 0 Å². The first-order valence-electron chi connectivity index (χ1n) is 10.4. The van der Waals surface area contributed by atoms with Crippen LogP contribution in [0, 0.1) is 6.92 Å². The summed E-state index contributed by atoms with van der Waals surface area (Å²) in [5.74, 6) is 1.97. The summed E-state index contributed by atoms with van der Waals surface area (Å²) in [5.41, 5.74) is 2.28. The van der Waals surface area contributed by atoms with Gasteiger partial charge in [-0.25, -0.2) is 4.98 Å². The molecule has 0 aliphatic carbocycles. The van der Waals surface area contributed by atoms with Crippen molar-refractivity contribution >= 4 is 17.0 Å². The minimum atomic E-state index is 0.430. The fraction of sp³-hybridized carbons (Fsp3) is 0.619. The zero-order chi connectivity index (χ0) is 19.8. The van der Waals surface area contributed by atoms with E-state index in [0.717, 1.165) is 76.2 Å². The predicted octanol–water partition coefficient (Wildman–Crippen LogP) is 2.01. The van der Waals surface area contributed by atoms with Crippen LogP contribution < -0.4 is 10.6 Å². The third-order valence-electron chi connectivity index (χ3n) is 5.22. The van der Waals surface area contributed by atoms with Crippen LogP contribution in [0.1, 0.15) is 26.1 Å². The molecule has 7 heteroatoms. The van der Waals surface area contributed by atoms with Crippen LogP contribution in [-0.4, -0.2) is 72.4 Å². The van der Waals surface area contributed by atoms with Crippen molar-refractivity contribution in [2.75, 3.05) is 45.9 Å². The molecule has 0 bridgehead atoms. The van der Waals surface area contributed by atoms with Gasteiger partial charge in [-0.1, -0.05) is 12.1 Å². The van der Waals surface area contributed by atoms with E-state index in [2.05, 4.69) is 64.1 Å². The quantitative estimate of drug-likeness (QED) is 0.413. The number of hydrogen-bond donors (Lipinski definition) is 2. The van der Waals surface area contributed by atoms with Crippen LogP contribution >= 0.6 is 0 Å². The van der Waals surface area contributed by atoms with Crippen LogP contribution in [0.15, 0.2) is 29.3 Å². The Morgan fingerprint density at radius 1 is 1.25 bits per heavy atom. The third-order valence-corrected chi connectivity index (χ3v) is 5.22. The van der Waals surface area contributed by atoms with E-state index in [1.807, 2.05) is 6.07 Å². The number of aryl methyl sites for hydroxylation is 2. The van der Waals surface area contributed by atoms with Gasteiger partial charge < -0.3 is 19.9 Å². The number of imidazole rings is 1. The van der Waals surface area contributed by atoms with Gasteiger partial charge in [0.05, 0.1) is 30.8 Å². The molecule has 1 saturated heterocycles. The van der Waals surface area contributed by atoms with E-state index >= 15 is 0 Å². The van der Waals surface area contributed by atoms with Gasteiger partial charge in [-0.3, -0.25) is 9.89 Å². The molecule has 0 amide bonds. The molecule has 3 rings (SSSR count). The van der Waals surface area contributed by atoms with Crippen LogP contribution in [0.2, 0.25) is 0 Å². The molecule has 7 nitrogen and oxygen atoms in total. The monoisotopic (exact) mass is 386 g/mol. The number of morpholine rings is 1. The third kappa shape index (κ3) is 5.45. The summed E-state index contributed by atoms with van der Waals surface area (Å²) in [7, 11) is 0. The summed E-state index contributed by atoms with van der Waals surface area (Å²) in [4.78, 5) is 11.9. The Morgan fingerprint density at radius 2 is 2.04 bits per heavy atom. The number of nitrogens with one attached hydrogen (secondary N) is 2. The van der Waals surface area contributed by atoms with Crippen molar-refractivity contribution in [1.82, 2.24) is 25.1 Å². The van der Waals surface area contributed by atoms with Gasteiger partial charge in [0.15, 0.2) is 5.96 Å². The maximum Gasteiger partial charge on any atom is 0.191 e. The van der Waals surface area contributed by atoms with E-state index in [-0.39, 0.29) is 0 Å². The lowest BCUT2D eigenvalue weighted by Gasteiger charge is -2.31. The largest absolute Gasteiger partial charge is 0.379 e. The number of guanidine groups is 1. The second-order valence-electron chi connectivity index (χ2n) is 7.30. The average Bonchev–Trinajstić information content (AvgIpc) is 3.04. The van der Waals surface area contributed by atoms with Gasteiger partial charge in [-0.05, 0) is 39.3 Å².